The molecule has 3 saturated heterocycles. The van der Waals surface area contributed by atoms with Gasteiger partial charge in [0.15, 0.2) is 0 Å². The van der Waals surface area contributed by atoms with E-state index in [0.717, 1.165) is 41.2 Å². The number of benzene rings is 1. The van der Waals surface area contributed by atoms with Gasteiger partial charge >= 0.3 is 6.03 Å². The molecule has 0 radical (unpaired) electrons. The fraction of sp³-hybridized carbons (Fsp3) is 0.526. The van der Waals surface area contributed by atoms with E-state index >= 15 is 0 Å². The molecule has 7 heteroatoms. The first-order valence-electron chi connectivity index (χ1n) is 9.07. The van der Waals surface area contributed by atoms with Gasteiger partial charge in [-0.2, -0.15) is 0 Å². The molecular formula is C19H24N4O2S. The summed E-state index contributed by atoms with van der Waals surface area (Å²) in [5, 5.41) is 1.01. The maximum Gasteiger partial charge on any atom is 0.319 e. The molecule has 4 heterocycles. The van der Waals surface area contributed by atoms with Crippen LogP contribution in [0.4, 0.5) is 4.79 Å². The fourth-order valence-electron chi connectivity index (χ4n) is 4.11. The minimum absolute atomic E-state index is 0.0376. The van der Waals surface area contributed by atoms with Crippen LogP contribution in [0.5, 0.6) is 0 Å². The molecule has 2 aromatic rings. The van der Waals surface area contributed by atoms with Crippen LogP contribution in [0.15, 0.2) is 18.2 Å². The summed E-state index contributed by atoms with van der Waals surface area (Å²) in [6.07, 6.45) is 2.04. The third-order valence-electron chi connectivity index (χ3n) is 5.37. The maximum absolute atomic E-state index is 13.2. The smallest absolute Gasteiger partial charge is 0.319 e. The average Bonchev–Trinajstić information content (AvgIpc) is 2.78. The quantitative estimate of drug-likeness (QED) is 0.773. The number of carbonyl (C=O) groups is 2. The maximum atomic E-state index is 13.2. The van der Waals surface area contributed by atoms with Crippen molar-refractivity contribution >= 4 is 33.5 Å². The van der Waals surface area contributed by atoms with E-state index in [2.05, 4.69) is 4.98 Å². The lowest BCUT2D eigenvalue weighted by molar-refractivity contribution is 0.0586. The SMILES string of the molecule is Cc1nc2cc(C(=O)N3C[C@@H]4CC[C@H]3CN(C(=O)N(C)C)C4)ccc2s1. The molecular weight excluding hydrogens is 348 g/mol. The number of aryl methyl sites for hydroxylation is 1. The van der Waals surface area contributed by atoms with Crippen molar-refractivity contribution in [2.45, 2.75) is 25.8 Å². The number of nitrogens with zero attached hydrogens (tertiary/aromatic N) is 4. The predicted molar refractivity (Wildman–Crippen MR) is 103 cm³/mol. The van der Waals surface area contributed by atoms with Crippen molar-refractivity contribution < 1.29 is 9.59 Å². The topological polar surface area (TPSA) is 56.8 Å². The molecule has 3 aliphatic rings. The van der Waals surface area contributed by atoms with E-state index in [1.54, 1.807) is 30.3 Å². The number of amides is 3. The van der Waals surface area contributed by atoms with E-state index < -0.39 is 0 Å². The molecule has 3 fully saturated rings. The van der Waals surface area contributed by atoms with Gasteiger partial charge in [0.1, 0.15) is 0 Å². The zero-order valence-electron chi connectivity index (χ0n) is 15.4. The van der Waals surface area contributed by atoms with Crippen LogP contribution in [-0.2, 0) is 0 Å². The zero-order chi connectivity index (χ0) is 18.4. The molecule has 5 rings (SSSR count). The number of fused-ring (bicyclic) bond motifs is 5. The number of rotatable bonds is 1. The third-order valence-corrected chi connectivity index (χ3v) is 6.32. The minimum Gasteiger partial charge on any atom is -0.334 e. The first-order valence-corrected chi connectivity index (χ1v) is 9.88. The lowest BCUT2D eigenvalue weighted by atomic mass is 9.94. The largest absolute Gasteiger partial charge is 0.334 e. The van der Waals surface area contributed by atoms with E-state index in [-0.39, 0.29) is 18.0 Å². The molecule has 2 bridgehead atoms. The van der Waals surface area contributed by atoms with Gasteiger partial charge in [-0.25, -0.2) is 9.78 Å². The van der Waals surface area contributed by atoms with E-state index in [1.807, 2.05) is 34.9 Å². The van der Waals surface area contributed by atoms with Crippen LogP contribution >= 0.6 is 11.3 Å². The van der Waals surface area contributed by atoms with Crippen LogP contribution in [-0.4, -0.2) is 71.4 Å². The van der Waals surface area contributed by atoms with Gasteiger partial charge in [-0.05, 0) is 43.9 Å². The molecule has 0 saturated carbocycles. The van der Waals surface area contributed by atoms with Gasteiger partial charge in [-0.15, -0.1) is 11.3 Å². The Labute approximate surface area is 157 Å². The van der Waals surface area contributed by atoms with Gasteiger partial charge in [-0.1, -0.05) is 0 Å². The molecule has 0 N–H and O–H groups in total. The number of aromatic nitrogens is 1. The van der Waals surface area contributed by atoms with Crippen LogP contribution < -0.4 is 0 Å². The Kier molecular flexibility index (Phi) is 4.34. The highest BCUT2D eigenvalue weighted by Gasteiger charge is 2.39. The van der Waals surface area contributed by atoms with Gasteiger partial charge in [0.25, 0.3) is 5.91 Å². The van der Waals surface area contributed by atoms with Gasteiger partial charge in [0, 0.05) is 45.3 Å². The molecule has 1 aromatic carbocycles. The Hall–Kier alpha value is -2.15. The van der Waals surface area contributed by atoms with E-state index in [4.69, 9.17) is 0 Å². The van der Waals surface area contributed by atoms with Gasteiger partial charge in [0.05, 0.1) is 15.2 Å². The van der Waals surface area contributed by atoms with Crippen molar-refractivity contribution in [3.63, 3.8) is 0 Å². The van der Waals surface area contributed by atoms with E-state index in [9.17, 15) is 9.59 Å². The molecule has 0 aliphatic carbocycles. The van der Waals surface area contributed by atoms with Gasteiger partial charge in [-0.3, -0.25) is 4.79 Å². The van der Waals surface area contributed by atoms with Crippen molar-refractivity contribution in [2.75, 3.05) is 33.7 Å². The minimum atomic E-state index is 0.0376. The average molecular weight is 372 g/mol. The summed E-state index contributed by atoms with van der Waals surface area (Å²) in [5.41, 5.74) is 1.59. The summed E-state index contributed by atoms with van der Waals surface area (Å²) < 4.78 is 1.11. The Balaban J connectivity index is 1.58. The number of thiazole rings is 1. The summed E-state index contributed by atoms with van der Waals surface area (Å²) in [6.45, 7) is 4.07. The second-order valence-electron chi connectivity index (χ2n) is 7.55. The second kappa shape index (κ2) is 6.54. The van der Waals surface area contributed by atoms with Crippen LogP contribution in [0.2, 0.25) is 0 Å². The third kappa shape index (κ3) is 3.05. The number of piperidine rings is 1. The molecule has 2 atom stereocenters. The molecule has 1 aromatic heterocycles. The van der Waals surface area contributed by atoms with Crippen molar-refractivity contribution in [3.8, 4) is 0 Å². The number of hydrogen-bond acceptors (Lipinski definition) is 4. The van der Waals surface area contributed by atoms with Crippen molar-refractivity contribution in [1.82, 2.24) is 19.7 Å². The van der Waals surface area contributed by atoms with Crippen LogP contribution in [0.1, 0.15) is 28.2 Å². The fourth-order valence-corrected chi connectivity index (χ4v) is 4.92. The predicted octanol–water partition coefficient (Wildman–Crippen LogP) is 2.82. The Morgan fingerprint density at radius 3 is 2.77 bits per heavy atom. The Morgan fingerprint density at radius 2 is 2.00 bits per heavy atom. The lowest BCUT2D eigenvalue weighted by Gasteiger charge is -2.36. The summed E-state index contributed by atoms with van der Waals surface area (Å²) >= 11 is 1.64. The van der Waals surface area contributed by atoms with Crippen molar-refractivity contribution in [1.29, 1.82) is 0 Å². The monoisotopic (exact) mass is 372 g/mol. The summed E-state index contributed by atoms with van der Waals surface area (Å²) in [5.74, 6) is 0.415. The van der Waals surface area contributed by atoms with Gasteiger partial charge < -0.3 is 14.7 Å². The molecule has 0 unspecified atom stereocenters. The molecule has 3 amide bonds. The van der Waals surface area contributed by atoms with E-state index in [0.29, 0.717) is 18.0 Å². The first-order chi connectivity index (χ1) is 12.4. The highest BCUT2D eigenvalue weighted by atomic mass is 32.1. The molecule has 6 nitrogen and oxygen atoms in total. The standard InChI is InChI=1S/C19H24N4O2S/c1-12-20-16-8-14(5-7-17(16)26-12)18(24)23-10-13-4-6-15(23)11-22(9-13)19(25)21(2)3/h5,7-8,13,15H,4,6,9-11H2,1-3H3/t13-,15+/m1/s1. The first kappa shape index (κ1) is 17.3. The van der Waals surface area contributed by atoms with Crippen molar-refractivity contribution in [3.05, 3.63) is 28.8 Å². The molecule has 26 heavy (non-hydrogen) atoms. The second-order valence-corrected chi connectivity index (χ2v) is 8.79. The van der Waals surface area contributed by atoms with Crippen LogP contribution in [0.25, 0.3) is 10.2 Å². The highest BCUT2D eigenvalue weighted by molar-refractivity contribution is 7.18. The summed E-state index contributed by atoms with van der Waals surface area (Å²) in [6, 6.07) is 5.94. The highest BCUT2D eigenvalue weighted by Crippen LogP contribution is 2.30. The number of urea groups is 1. The normalized spacial score (nSPS) is 22.6. The van der Waals surface area contributed by atoms with Crippen LogP contribution in [0, 0.1) is 12.8 Å². The summed E-state index contributed by atoms with van der Waals surface area (Å²) in [7, 11) is 3.56. The molecule has 0 spiro atoms. The Bertz CT molecular complexity index is 862. The molecule has 3 aliphatic heterocycles. The number of hydrogen-bond donors (Lipinski definition) is 0. The lowest BCUT2D eigenvalue weighted by Crippen LogP contribution is -2.48. The van der Waals surface area contributed by atoms with Crippen LogP contribution in [0.3, 0.4) is 0 Å². The van der Waals surface area contributed by atoms with Gasteiger partial charge in [0.2, 0.25) is 0 Å². The Morgan fingerprint density at radius 1 is 1.19 bits per heavy atom. The summed E-state index contributed by atoms with van der Waals surface area (Å²) in [4.78, 5) is 35.6. The number of carbonyl (C=O) groups excluding carboxylic acids is 2. The zero-order valence-corrected chi connectivity index (χ0v) is 16.3. The van der Waals surface area contributed by atoms with Crippen molar-refractivity contribution in [2.24, 2.45) is 5.92 Å². The van der Waals surface area contributed by atoms with E-state index in [1.165, 1.54) is 0 Å². The molecule has 138 valence electrons.